The number of benzene rings is 2. The van der Waals surface area contributed by atoms with Gasteiger partial charge in [0.15, 0.2) is 6.10 Å². The summed E-state index contributed by atoms with van der Waals surface area (Å²) in [5.74, 6) is 0.492. The van der Waals surface area contributed by atoms with Crippen molar-refractivity contribution in [3.63, 3.8) is 0 Å². The molecule has 24 heavy (non-hydrogen) atoms. The molecule has 0 heterocycles. The number of esters is 1. The largest absolute Gasteiger partial charge is 0.477 e. The Kier molecular flexibility index (Phi) is 5.32. The molecule has 5 heteroatoms. The lowest BCUT2D eigenvalue weighted by Gasteiger charge is -2.18. The van der Waals surface area contributed by atoms with Gasteiger partial charge in [0.05, 0.1) is 5.02 Å². The van der Waals surface area contributed by atoms with Gasteiger partial charge < -0.3 is 9.47 Å². The maximum atomic E-state index is 12.2. The first kappa shape index (κ1) is 17.1. The molecule has 1 atom stereocenters. The van der Waals surface area contributed by atoms with Gasteiger partial charge in [0.1, 0.15) is 11.5 Å². The van der Waals surface area contributed by atoms with Crippen LogP contribution in [0.1, 0.15) is 30.9 Å². The van der Waals surface area contributed by atoms with Crippen LogP contribution < -0.4 is 9.47 Å². The van der Waals surface area contributed by atoms with Crippen molar-refractivity contribution < 1.29 is 14.3 Å². The summed E-state index contributed by atoms with van der Waals surface area (Å²) < 4.78 is 11.0. The second kappa shape index (κ2) is 7.45. The van der Waals surface area contributed by atoms with Crippen LogP contribution in [0, 0.1) is 0 Å². The van der Waals surface area contributed by atoms with E-state index in [1.165, 1.54) is 24.0 Å². The van der Waals surface area contributed by atoms with Crippen molar-refractivity contribution in [1.29, 1.82) is 0 Å². The molecule has 2 aromatic rings. The molecule has 0 saturated carbocycles. The summed E-state index contributed by atoms with van der Waals surface area (Å²) in [4.78, 5) is 12.2. The number of fused-ring (bicyclic) bond motifs is 1. The van der Waals surface area contributed by atoms with Crippen LogP contribution in [0.5, 0.6) is 11.5 Å². The van der Waals surface area contributed by atoms with Crippen LogP contribution >= 0.6 is 23.2 Å². The van der Waals surface area contributed by atoms with Crippen LogP contribution in [-0.4, -0.2) is 12.1 Å². The molecule has 0 saturated heterocycles. The van der Waals surface area contributed by atoms with E-state index >= 15 is 0 Å². The average molecular weight is 365 g/mol. The zero-order valence-electron chi connectivity index (χ0n) is 13.4. The molecular weight excluding hydrogens is 347 g/mol. The van der Waals surface area contributed by atoms with Crippen LogP contribution in [-0.2, 0) is 17.6 Å². The molecule has 0 fully saturated rings. The van der Waals surface area contributed by atoms with E-state index in [1.807, 2.05) is 18.2 Å². The van der Waals surface area contributed by atoms with E-state index in [-0.39, 0.29) is 0 Å². The summed E-state index contributed by atoms with van der Waals surface area (Å²) in [6.45, 7) is 1.63. The lowest BCUT2D eigenvalue weighted by Crippen LogP contribution is -2.28. The third kappa shape index (κ3) is 4.03. The number of hydrogen-bond donors (Lipinski definition) is 0. The maximum absolute atomic E-state index is 12.2. The van der Waals surface area contributed by atoms with Crippen molar-refractivity contribution in [3.05, 3.63) is 57.6 Å². The van der Waals surface area contributed by atoms with Gasteiger partial charge in [0, 0.05) is 5.02 Å². The van der Waals surface area contributed by atoms with Gasteiger partial charge in [0.25, 0.3) is 0 Å². The van der Waals surface area contributed by atoms with Gasteiger partial charge in [-0.2, -0.15) is 0 Å². The third-order valence-electron chi connectivity index (χ3n) is 4.07. The van der Waals surface area contributed by atoms with Gasteiger partial charge in [0.2, 0.25) is 0 Å². The molecule has 1 aliphatic rings. The van der Waals surface area contributed by atoms with E-state index < -0.39 is 12.1 Å². The predicted octanol–water partition coefficient (Wildman–Crippen LogP) is 5.25. The van der Waals surface area contributed by atoms with Gasteiger partial charge >= 0.3 is 5.97 Å². The van der Waals surface area contributed by atoms with Gasteiger partial charge in [-0.15, -0.1) is 0 Å². The normalized spacial score (nSPS) is 14.6. The van der Waals surface area contributed by atoms with Crippen LogP contribution in [0.15, 0.2) is 36.4 Å². The average Bonchev–Trinajstić information content (AvgIpc) is 2.57. The molecule has 0 aromatic heterocycles. The van der Waals surface area contributed by atoms with Crippen molar-refractivity contribution in [3.8, 4) is 11.5 Å². The van der Waals surface area contributed by atoms with Crippen molar-refractivity contribution in [2.24, 2.45) is 0 Å². The Labute approximate surface area is 151 Å². The smallest absolute Gasteiger partial charge is 0.352 e. The minimum atomic E-state index is -0.778. The Morgan fingerprint density at radius 3 is 2.54 bits per heavy atom. The number of hydrogen-bond acceptors (Lipinski definition) is 3. The minimum Gasteiger partial charge on any atom is -0.477 e. The molecule has 3 rings (SSSR count). The van der Waals surface area contributed by atoms with E-state index in [0.717, 1.165) is 12.8 Å². The molecule has 2 aromatic carbocycles. The van der Waals surface area contributed by atoms with Crippen LogP contribution in [0.2, 0.25) is 10.0 Å². The highest BCUT2D eigenvalue weighted by Crippen LogP contribution is 2.29. The zero-order valence-corrected chi connectivity index (χ0v) is 14.9. The molecule has 0 spiro atoms. The second-order valence-corrected chi connectivity index (χ2v) is 6.74. The summed E-state index contributed by atoms with van der Waals surface area (Å²) in [6.07, 6.45) is 3.75. The van der Waals surface area contributed by atoms with E-state index in [0.29, 0.717) is 21.5 Å². The Morgan fingerprint density at radius 2 is 1.79 bits per heavy atom. The Bertz CT molecular complexity index is 758. The quantitative estimate of drug-likeness (QED) is 0.549. The second-order valence-electron chi connectivity index (χ2n) is 5.89. The standard InChI is InChI=1S/C19H18Cl2O3/c1-12(23-18-9-7-15(20)11-17(18)21)19(22)24-16-8-6-13-4-2-3-5-14(13)10-16/h6-12H,2-5H2,1H3. The third-order valence-corrected chi connectivity index (χ3v) is 4.60. The fraction of sp³-hybridized carbons (Fsp3) is 0.316. The molecule has 3 nitrogen and oxygen atoms in total. The van der Waals surface area contributed by atoms with Crippen molar-refractivity contribution in [1.82, 2.24) is 0 Å². The van der Waals surface area contributed by atoms with Gasteiger partial charge in [-0.05, 0) is 74.1 Å². The summed E-state index contributed by atoms with van der Waals surface area (Å²) in [6, 6.07) is 10.7. The van der Waals surface area contributed by atoms with E-state index in [2.05, 4.69) is 0 Å². The highest BCUT2D eigenvalue weighted by molar-refractivity contribution is 6.35. The van der Waals surface area contributed by atoms with Gasteiger partial charge in [-0.3, -0.25) is 0 Å². The molecule has 0 amide bonds. The first-order chi connectivity index (χ1) is 11.5. The van der Waals surface area contributed by atoms with Crippen LogP contribution in [0.4, 0.5) is 0 Å². The fourth-order valence-electron chi connectivity index (χ4n) is 2.78. The number of ether oxygens (including phenoxy) is 2. The number of carbonyl (C=O) groups is 1. The molecule has 1 aliphatic carbocycles. The minimum absolute atomic E-state index is 0.357. The summed E-state index contributed by atoms with van der Waals surface area (Å²) in [7, 11) is 0. The molecule has 1 unspecified atom stereocenters. The first-order valence-electron chi connectivity index (χ1n) is 7.98. The van der Waals surface area contributed by atoms with Crippen LogP contribution in [0.25, 0.3) is 0 Å². The molecule has 126 valence electrons. The van der Waals surface area contributed by atoms with Crippen LogP contribution in [0.3, 0.4) is 0 Å². The zero-order chi connectivity index (χ0) is 17.1. The number of carbonyl (C=O) groups excluding carboxylic acids is 1. The highest BCUT2D eigenvalue weighted by Gasteiger charge is 2.19. The van der Waals surface area contributed by atoms with Gasteiger partial charge in [-0.1, -0.05) is 29.3 Å². The Hall–Kier alpha value is -1.71. The molecule has 0 N–H and O–H groups in total. The Morgan fingerprint density at radius 1 is 1.04 bits per heavy atom. The summed E-state index contributed by atoms with van der Waals surface area (Å²) in [5, 5.41) is 0.868. The topological polar surface area (TPSA) is 35.5 Å². The SMILES string of the molecule is CC(Oc1ccc(Cl)cc1Cl)C(=O)Oc1ccc2c(c1)CCCC2. The Balaban J connectivity index is 1.65. The van der Waals surface area contributed by atoms with E-state index in [9.17, 15) is 4.79 Å². The molecule has 0 bridgehead atoms. The summed E-state index contributed by atoms with van der Waals surface area (Å²) in [5.41, 5.74) is 2.61. The molecular formula is C19H18Cl2O3. The van der Waals surface area contributed by atoms with Crippen molar-refractivity contribution >= 4 is 29.2 Å². The maximum Gasteiger partial charge on any atom is 0.352 e. The first-order valence-corrected chi connectivity index (χ1v) is 8.74. The summed E-state index contributed by atoms with van der Waals surface area (Å²) >= 11 is 11.9. The molecule has 0 aliphatic heterocycles. The van der Waals surface area contributed by atoms with Gasteiger partial charge in [-0.25, -0.2) is 4.79 Å². The lowest BCUT2D eigenvalue weighted by atomic mass is 9.92. The fourth-order valence-corrected chi connectivity index (χ4v) is 3.23. The lowest BCUT2D eigenvalue weighted by molar-refractivity contribution is -0.141. The number of halogens is 2. The highest BCUT2D eigenvalue weighted by atomic mass is 35.5. The van der Waals surface area contributed by atoms with E-state index in [1.54, 1.807) is 25.1 Å². The number of aryl methyl sites for hydroxylation is 2. The van der Waals surface area contributed by atoms with E-state index in [4.69, 9.17) is 32.7 Å². The monoisotopic (exact) mass is 364 g/mol. The number of rotatable bonds is 4. The van der Waals surface area contributed by atoms with Crippen molar-refractivity contribution in [2.75, 3.05) is 0 Å². The molecule has 0 radical (unpaired) electrons. The predicted molar refractivity (Wildman–Crippen MR) is 95.3 cm³/mol. The van der Waals surface area contributed by atoms with Crippen molar-refractivity contribution in [2.45, 2.75) is 38.7 Å².